The van der Waals surface area contributed by atoms with Gasteiger partial charge in [-0.3, -0.25) is 0 Å². The van der Waals surface area contributed by atoms with E-state index in [-0.39, 0.29) is 0 Å². The zero-order chi connectivity index (χ0) is 10.8. The van der Waals surface area contributed by atoms with Crippen LogP contribution in [0, 0.1) is 11.8 Å². The molecule has 1 heterocycles. The van der Waals surface area contributed by atoms with Gasteiger partial charge in [-0.25, -0.2) is 4.98 Å². The van der Waals surface area contributed by atoms with Crippen LogP contribution in [0.15, 0.2) is 16.7 Å². The van der Waals surface area contributed by atoms with E-state index in [1.165, 1.54) is 6.42 Å². The summed E-state index contributed by atoms with van der Waals surface area (Å²) < 4.78 is 6.09. The quantitative estimate of drug-likeness (QED) is 0.914. The minimum atomic E-state index is 0.816. The molecule has 3 nitrogen and oxygen atoms in total. The van der Waals surface area contributed by atoms with Crippen LogP contribution >= 0.6 is 15.9 Å². The Morgan fingerprint density at radius 1 is 1.67 bits per heavy atom. The number of hydrogen-bond acceptors (Lipinski definition) is 3. The summed E-state index contributed by atoms with van der Waals surface area (Å²) in [6.45, 7) is 3.29. The summed E-state index contributed by atoms with van der Waals surface area (Å²) in [6.07, 6.45) is 3.10. The van der Waals surface area contributed by atoms with Crippen molar-refractivity contribution in [1.29, 1.82) is 0 Å². The molecule has 0 aliphatic heterocycles. The van der Waals surface area contributed by atoms with Gasteiger partial charge in [0.2, 0.25) is 0 Å². The van der Waals surface area contributed by atoms with E-state index < -0.39 is 0 Å². The zero-order valence-corrected chi connectivity index (χ0v) is 10.5. The van der Waals surface area contributed by atoms with Gasteiger partial charge < -0.3 is 10.1 Å². The van der Waals surface area contributed by atoms with Gasteiger partial charge in [0, 0.05) is 18.8 Å². The highest BCUT2D eigenvalue weighted by molar-refractivity contribution is 9.10. The summed E-state index contributed by atoms with van der Waals surface area (Å²) in [4.78, 5) is 4.27. The third kappa shape index (κ3) is 2.62. The Hall–Kier alpha value is -0.770. The molecule has 2 atom stereocenters. The van der Waals surface area contributed by atoms with Crippen LogP contribution in [0.3, 0.4) is 0 Å². The van der Waals surface area contributed by atoms with Gasteiger partial charge >= 0.3 is 0 Å². The lowest BCUT2D eigenvalue weighted by atomic mass is 10.3. The number of halogens is 1. The molecule has 0 spiro atoms. The Bertz CT molecular complexity index is 356. The number of rotatable bonds is 4. The van der Waals surface area contributed by atoms with Crippen molar-refractivity contribution in [3.63, 3.8) is 0 Å². The largest absolute Gasteiger partial charge is 0.495 e. The van der Waals surface area contributed by atoms with Crippen LogP contribution < -0.4 is 10.1 Å². The van der Waals surface area contributed by atoms with Gasteiger partial charge in [0.15, 0.2) is 0 Å². The van der Waals surface area contributed by atoms with Gasteiger partial charge in [-0.1, -0.05) is 6.92 Å². The van der Waals surface area contributed by atoms with E-state index in [0.29, 0.717) is 0 Å². The van der Waals surface area contributed by atoms with Crippen molar-refractivity contribution in [3.8, 4) is 5.75 Å². The lowest BCUT2D eigenvalue weighted by Gasteiger charge is -2.07. The first-order valence-corrected chi connectivity index (χ1v) is 5.93. The van der Waals surface area contributed by atoms with Gasteiger partial charge in [-0.05, 0) is 34.2 Å². The second kappa shape index (κ2) is 4.39. The van der Waals surface area contributed by atoms with E-state index >= 15 is 0 Å². The van der Waals surface area contributed by atoms with E-state index in [2.05, 4.69) is 33.2 Å². The van der Waals surface area contributed by atoms with Gasteiger partial charge in [-0.2, -0.15) is 0 Å². The van der Waals surface area contributed by atoms with Gasteiger partial charge in [0.05, 0.1) is 11.6 Å². The third-order valence-electron chi connectivity index (χ3n) is 2.86. The lowest BCUT2D eigenvalue weighted by molar-refractivity contribution is 0.411. The molecular weight excluding hydrogens is 256 g/mol. The molecule has 4 heteroatoms. The maximum Gasteiger partial charge on any atom is 0.138 e. The minimum Gasteiger partial charge on any atom is -0.495 e. The van der Waals surface area contributed by atoms with Crippen LogP contribution in [-0.2, 0) is 0 Å². The number of aromatic nitrogens is 1. The predicted octanol–water partition coefficient (Wildman–Crippen LogP) is 2.92. The van der Waals surface area contributed by atoms with Crippen LogP contribution in [0.4, 0.5) is 5.82 Å². The predicted molar refractivity (Wildman–Crippen MR) is 64.2 cm³/mol. The molecule has 82 valence electrons. The smallest absolute Gasteiger partial charge is 0.138 e. The summed E-state index contributed by atoms with van der Waals surface area (Å²) in [7, 11) is 1.66. The summed E-state index contributed by atoms with van der Waals surface area (Å²) in [5.74, 6) is 3.39. The van der Waals surface area contributed by atoms with Gasteiger partial charge in [0.25, 0.3) is 0 Å². The molecule has 0 amide bonds. The molecule has 15 heavy (non-hydrogen) atoms. The molecule has 1 aromatic heterocycles. The van der Waals surface area contributed by atoms with E-state index in [1.54, 1.807) is 13.3 Å². The molecule has 1 N–H and O–H groups in total. The van der Waals surface area contributed by atoms with Crippen LogP contribution in [0.2, 0.25) is 0 Å². The summed E-state index contributed by atoms with van der Waals surface area (Å²) in [5, 5.41) is 3.33. The van der Waals surface area contributed by atoms with Crippen molar-refractivity contribution in [3.05, 3.63) is 16.7 Å². The molecule has 1 aliphatic rings. The Morgan fingerprint density at radius 2 is 2.40 bits per heavy atom. The van der Waals surface area contributed by atoms with Crippen molar-refractivity contribution in [2.75, 3.05) is 19.0 Å². The maximum absolute atomic E-state index is 5.20. The lowest BCUT2D eigenvalue weighted by Crippen LogP contribution is -2.06. The molecule has 2 unspecified atom stereocenters. The zero-order valence-electron chi connectivity index (χ0n) is 8.96. The number of nitrogens with one attached hydrogen (secondary N) is 1. The first-order valence-electron chi connectivity index (χ1n) is 5.14. The fourth-order valence-electron chi connectivity index (χ4n) is 1.59. The molecule has 0 bridgehead atoms. The number of pyridine rings is 1. The van der Waals surface area contributed by atoms with Gasteiger partial charge in [0.1, 0.15) is 11.6 Å². The van der Waals surface area contributed by atoms with E-state index in [4.69, 9.17) is 4.74 Å². The molecule has 2 rings (SSSR count). The Labute approximate surface area is 98.4 Å². The van der Waals surface area contributed by atoms with Crippen molar-refractivity contribution in [2.45, 2.75) is 13.3 Å². The van der Waals surface area contributed by atoms with Crippen LogP contribution in [0.25, 0.3) is 0 Å². The van der Waals surface area contributed by atoms with Crippen molar-refractivity contribution in [2.24, 2.45) is 11.8 Å². The molecular formula is C11H15BrN2O. The summed E-state index contributed by atoms with van der Waals surface area (Å²) in [5.41, 5.74) is 0. The van der Waals surface area contributed by atoms with Crippen molar-refractivity contribution in [1.82, 2.24) is 4.98 Å². The average molecular weight is 271 g/mol. The first-order chi connectivity index (χ1) is 7.20. The topological polar surface area (TPSA) is 34.1 Å². The highest BCUT2D eigenvalue weighted by Crippen LogP contribution is 2.37. The number of hydrogen-bond donors (Lipinski definition) is 1. The highest BCUT2D eigenvalue weighted by Gasteiger charge is 2.31. The standard InChI is InChI=1S/C11H15BrN2O/c1-7-3-8(7)5-13-11-4-10(15-2)9(12)6-14-11/h4,6-8H,3,5H2,1-2H3,(H,13,14). The number of anilines is 1. The van der Waals surface area contributed by atoms with Crippen LogP contribution in [-0.4, -0.2) is 18.6 Å². The SMILES string of the molecule is COc1cc(NCC2CC2C)ncc1Br. The third-order valence-corrected chi connectivity index (χ3v) is 3.46. The van der Waals surface area contributed by atoms with Crippen molar-refractivity contribution < 1.29 is 4.74 Å². The Balaban J connectivity index is 1.96. The number of ether oxygens (including phenoxy) is 1. The van der Waals surface area contributed by atoms with E-state index in [0.717, 1.165) is 34.4 Å². The fourth-order valence-corrected chi connectivity index (χ4v) is 1.97. The fraction of sp³-hybridized carbons (Fsp3) is 0.545. The molecule has 1 saturated carbocycles. The number of nitrogens with zero attached hydrogens (tertiary/aromatic N) is 1. The first kappa shape index (κ1) is 10.7. The average Bonchev–Trinajstić information content (AvgIpc) is 2.93. The Kier molecular flexibility index (Phi) is 3.14. The second-order valence-electron chi connectivity index (χ2n) is 4.06. The Morgan fingerprint density at radius 3 is 3.00 bits per heavy atom. The monoisotopic (exact) mass is 270 g/mol. The molecule has 1 aliphatic carbocycles. The summed E-state index contributed by atoms with van der Waals surface area (Å²) >= 11 is 3.38. The molecule has 0 radical (unpaired) electrons. The van der Waals surface area contributed by atoms with E-state index in [9.17, 15) is 0 Å². The van der Waals surface area contributed by atoms with Crippen molar-refractivity contribution >= 4 is 21.7 Å². The molecule has 0 aromatic carbocycles. The van der Waals surface area contributed by atoms with Gasteiger partial charge in [-0.15, -0.1) is 0 Å². The molecule has 1 fully saturated rings. The normalized spacial score (nSPS) is 23.7. The summed E-state index contributed by atoms with van der Waals surface area (Å²) in [6, 6.07) is 1.91. The van der Waals surface area contributed by atoms with Crippen LogP contribution in [0.1, 0.15) is 13.3 Å². The highest BCUT2D eigenvalue weighted by atomic mass is 79.9. The van der Waals surface area contributed by atoms with E-state index in [1.807, 2.05) is 6.07 Å². The number of methoxy groups -OCH3 is 1. The second-order valence-corrected chi connectivity index (χ2v) is 4.91. The molecule has 1 aromatic rings. The maximum atomic E-state index is 5.20. The van der Waals surface area contributed by atoms with Crippen LogP contribution in [0.5, 0.6) is 5.75 Å². The minimum absolute atomic E-state index is 0.816. The molecule has 0 saturated heterocycles.